The van der Waals surface area contributed by atoms with Gasteiger partial charge in [-0.05, 0) is 59.4 Å². The molecule has 0 radical (unpaired) electrons. The Kier molecular flexibility index (Phi) is 4.04. The summed E-state index contributed by atoms with van der Waals surface area (Å²) >= 11 is 0. The molecule has 1 aliphatic rings. The van der Waals surface area contributed by atoms with E-state index in [4.69, 9.17) is 0 Å². The Morgan fingerprint density at radius 1 is 0.769 bits per heavy atom. The highest BCUT2D eigenvalue weighted by atomic mass is 28.3. The van der Waals surface area contributed by atoms with E-state index in [0.29, 0.717) is 0 Å². The van der Waals surface area contributed by atoms with Gasteiger partial charge in [-0.15, -0.1) is 0 Å². The van der Waals surface area contributed by atoms with E-state index >= 15 is 0 Å². The van der Waals surface area contributed by atoms with Crippen molar-refractivity contribution in [1.29, 1.82) is 0 Å². The molecule has 0 saturated heterocycles. The van der Waals surface area contributed by atoms with Crippen LogP contribution in [0.1, 0.15) is 28.3 Å². The second kappa shape index (κ2) is 6.13. The molecule has 1 N–H and O–H groups in total. The van der Waals surface area contributed by atoms with Gasteiger partial charge in [0.1, 0.15) is 0 Å². The van der Waals surface area contributed by atoms with Crippen LogP contribution in [0.3, 0.4) is 0 Å². The van der Waals surface area contributed by atoms with Gasteiger partial charge in [-0.25, -0.2) is 0 Å². The molecule has 26 heavy (non-hydrogen) atoms. The molecule has 0 fully saturated rings. The molecular formula is C24H27NSi. The summed E-state index contributed by atoms with van der Waals surface area (Å²) in [4.78, 5) is 0. The molecule has 0 bridgehead atoms. The highest BCUT2D eigenvalue weighted by Crippen LogP contribution is 2.46. The summed E-state index contributed by atoms with van der Waals surface area (Å²) in [6.07, 6.45) is 0. The third kappa shape index (κ3) is 2.79. The number of hydrogen-bond donors (Lipinski definition) is 1. The summed E-state index contributed by atoms with van der Waals surface area (Å²) < 4.78 is 0. The van der Waals surface area contributed by atoms with Crippen molar-refractivity contribution >= 4 is 18.9 Å². The van der Waals surface area contributed by atoms with Crippen molar-refractivity contribution in [3.05, 3.63) is 82.9 Å². The number of anilines is 1. The maximum Gasteiger partial charge on any atom is 0.0782 e. The average Bonchev–Trinajstić information content (AvgIpc) is 2.93. The first-order chi connectivity index (χ1) is 12.4. The molecule has 3 aromatic carbocycles. The zero-order valence-electron chi connectivity index (χ0n) is 16.4. The Bertz CT molecular complexity index is 964. The highest BCUT2D eigenvalue weighted by Gasteiger charge is 2.30. The molecule has 0 amide bonds. The Morgan fingerprint density at radius 2 is 1.46 bits per heavy atom. The lowest BCUT2D eigenvalue weighted by Gasteiger charge is -2.21. The zero-order valence-corrected chi connectivity index (χ0v) is 17.4. The fourth-order valence-electron chi connectivity index (χ4n) is 3.98. The fraction of sp³-hybridized carbons (Fsp3) is 0.250. The molecule has 1 unspecified atom stereocenters. The van der Waals surface area contributed by atoms with E-state index in [1.807, 2.05) is 0 Å². The lowest BCUT2D eigenvalue weighted by molar-refractivity contribution is 0.956. The van der Waals surface area contributed by atoms with Gasteiger partial charge < -0.3 is 5.32 Å². The summed E-state index contributed by atoms with van der Waals surface area (Å²) in [6.45, 7) is 11.6. The lowest BCUT2D eigenvalue weighted by atomic mass is 9.96. The number of nitrogens with one attached hydrogen (secondary N) is 1. The number of fused-ring (bicyclic) bond motifs is 3. The van der Waals surface area contributed by atoms with E-state index in [-0.39, 0.29) is 6.04 Å². The largest absolute Gasteiger partial charge is 0.374 e. The monoisotopic (exact) mass is 357 g/mol. The Balaban J connectivity index is 1.76. The predicted molar refractivity (Wildman–Crippen MR) is 116 cm³/mol. The van der Waals surface area contributed by atoms with Crippen molar-refractivity contribution in [2.75, 3.05) is 5.32 Å². The summed E-state index contributed by atoms with van der Waals surface area (Å²) in [5, 5.41) is 5.32. The van der Waals surface area contributed by atoms with Crippen LogP contribution in [0.25, 0.3) is 11.1 Å². The minimum Gasteiger partial charge on any atom is -0.374 e. The van der Waals surface area contributed by atoms with Crippen LogP contribution in [-0.2, 0) is 0 Å². The Labute approximate surface area is 158 Å². The van der Waals surface area contributed by atoms with E-state index in [2.05, 4.69) is 99.5 Å². The van der Waals surface area contributed by atoms with Gasteiger partial charge >= 0.3 is 0 Å². The number of rotatable bonds is 3. The Morgan fingerprint density at radius 3 is 2.15 bits per heavy atom. The van der Waals surface area contributed by atoms with Gasteiger partial charge in [0.2, 0.25) is 0 Å². The minimum atomic E-state index is -1.26. The van der Waals surface area contributed by atoms with Gasteiger partial charge in [-0.3, -0.25) is 0 Å². The van der Waals surface area contributed by atoms with Crippen molar-refractivity contribution in [1.82, 2.24) is 0 Å². The number of hydrogen-bond acceptors (Lipinski definition) is 1. The number of aryl methyl sites for hydroxylation is 1. The molecule has 0 aromatic heterocycles. The maximum absolute atomic E-state index is 3.82. The third-order valence-corrected chi connectivity index (χ3v) is 7.76. The molecule has 0 spiro atoms. The van der Waals surface area contributed by atoms with Gasteiger partial charge in [0.15, 0.2) is 0 Å². The fourth-order valence-corrected chi connectivity index (χ4v) is 5.14. The van der Waals surface area contributed by atoms with Gasteiger partial charge in [-0.1, -0.05) is 73.4 Å². The lowest BCUT2D eigenvalue weighted by Crippen LogP contribution is -2.37. The van der Waals surface area contributed by atoms with Crippen LogP contribution in [-0.4, -0.2) is 8.07 Å². The highest BCUT2D eigenvalue weighted by molar-refractivity contribution is 6.88. The van der Waals surface area contributed by atoms with Crippen molar-refractivity contribution in [2.45, 2.75) is 39.5 Å². The molecule has 0 saturated carbocycles. The zero-order chi connectivity index (χ0) is 18.5. The van der Waals surface area contributed by atoms with Crippen LogP contribution in [0, 0.1) is 13.8 Å². The molecule has 132 valence electrons. The number of benzene rings is 3. The Hall–Kier alpha value is -2.32. The standard InChI is InChI=1S/C24H27NSi/c1-16-10-15-21-20-8-6-7-9-22(20)24(23(21)17(16)2)25-18-11-13-19(14-12-18)26(3,4)5/h6-15,24-25H,1-5H3. The first-order valence-corrected chi connectivity index (χ1v) is 12.9. The topological polar surface area (TPSA) is 12.0 Å². The normalized spacial score (nSPS) is 15.5. The second-order valence-electron chi connectivity index (χ2n) is 8.46. The van der Waals surface area contributed by atoms with Gasteiger partial charge in [-0.2, -0.15) is 0 Å². The molecule has 1 aliphatic carbocycles. The molecule has 0 heterocycles. The van der Waals surface area contributed by atoms with E-state index in [1.54, 1.807) is 0 Å². The van der Waals surface area contributed by atoms with Crippen molar-refractivity contribution < 1.29 is 0 Å². The van der Waals surface area contributed by atoms with Crippen molar-refractivity contribution in [3.8, 4) is 11.1 Å². The molecule has 1 atom stereocenters. The average molecular weight is 358 g/mol. The molecule has 3 aromatic rings. The molecule has 4 rings (SSSR count). The molecule has 1 nitrogen and oxygen atoms in total. The van der Waals surface area contributed by atoms with Gasteiger partial charge in [0.25, 0.3) is 0 Å². The van der Waals surface area contributed by atoms with Crippen LogP contribution < -0.4 is 10.5 Å². The van der Waals surface area contributed by atoms with Crippen LogP contribution >= 0.6 is 0 Å². The molecule has 0 aliphatic heterocycles. The quantitative estimate of drug-likeness (QED) is 0.564. The summed E-state index contributed by atoms with van der Waals surface area (Å²) in [7, 11) is -1.26. The van der Waals surface area contributed by atoms with Crippen LogP contribution in [0.15, 0.2) is 60.7 Å². The second-order valence-corrected chi connectivity index (χ2v) is 13.5. The third-order valence-electron chi connectivity index (χ3n) is 5.70. The summed E-state index contributed by atoms with van der Waals surface area (Å²) in [5.74, 6) is 0. The van der Waals surface area contributed by atoms with Gasteiger partial charge in [0.05, 0.1) is 14.1 Å². The maximum atomic E-state index is 3.82. The van der Waals surface area contributed by atoms with Crippen LogP contribution in [0.4, 0.5) is 5.69 Å². The van der Waals surface area contributed by atoms with Crippen molar-refractivity contribution in [3.63, 3.8) is 0 Å². The van der Waals surface area contributed by atoms with Crippen molar-refractivity contribution in [2.24, 2.45) is 0 Å². The predicted octanol–water partition coefficient (Wildman–Crippen LogP) is 6.03. The van der Waals surface area contributed by atoms with E-state index in [1.165, 1.54) is 44.3 Å². The molecular weight excluding hydrogens is 330 g/mol. The van der Waals surface area contributed by atoms with Gasteiger partial charge in [0, 0.05) is 5.69 Å². The minimum absolute atomic E-state index is 0.221. The smallest absolute Gasteiger partial charge is 0.0782 e. The summed E-state index contributed by atoms with van der Waals surface area (Å²) in [5.41, 5.74) is 9.50. The van der Waals surface area contributed by atoms with E-state index in [9.17, 15) is 0 Å². The molecule has 2 heteroatoms. The first-order valence-electron chi connectivity index (χ1n) is 9.43. The van der Waals surface area contributed by atoms with Crippen LogP contribution in [0.5, 0.6) is 0 Å². The van der Waals surface area contributed by atoms with Crippen LogP contribution in [0.2, 0.25) is 19.6 Å². The van der Waals surface area contributed by atoms with E-state index in [0.717, 1.165) is 0 Å². The van der Waals surface area contributed by atoms with E-state index < -0.39 is 8.07 Å². The summed E-state index contributed by atoms with van der Waals surface area (Å²) in [6, 6.07) is 22.7. The first kappa shape index (κ1) is 17.1. The SMILES string of the molecule is Cc1ccc2c(c1C)C(Nc1ccc([Si](C)(C)C)cc1)c1ccccc1-2.